The van der Waals surface area contributed by atoms with Crippen LogP contribution in [0.2, 0.25) is 0 Å². The van der Waals surface area contributed by atoms with Crippen LogP contribution in [0.4, 0.5) is 5.82 Å². The van der Waals surface area contributed by atoms with Crippen molar-refractivity contribution in [2.75, 3.05) is 31.1 Å². The van der Waals surface area contributed by atoms with Crippen molar-refractivity contribution in [2.45, 2.75) is 32.2 Å². The minimum absolute atomic E-state index is 0.651. The monoisotopic (exact) mass is 345 g/mol. The second kappa shape index (κ2) is 6.00. The van der Waals surface area contributed by atoms with Crippen LogP contribution in [0.3, 0.4) is 0 Å². The molecule has 26 heavy (non-hydrogen) atoms. The average Bonchev–Trinajstić information content (AvgIpc) is 3.39. The van der Waals surface area contributed by atoms with Gasteiger partial charge in [-0.15, -0.1) is 0 Å². The van der Waals surface area contributed by atoms with Gasteiger partial charge in [-0.2, -0.15) is 5.26 Å². The number of nitriles is 1. The quantitative estimate of drug-likeness (QED) is 0.715. The minimum atomic E-state index is 0.651. The number of hydrogen-bond donors (Lipinski definition) is 0. The van der Waals surface area contributed by atoms with Crippen molar-refractivity contribution >= 4 is 22.5 Å². The number of hydrogen-bond acceptors (Lipinski definition) is 4. The molecule has 0 bridgehead atoms. The number of pyridine rings is 1. The highest BCUT2D eigenvalue weighted by Gasteiger charge is 2.31. The molecule has 5 nitrogen and oxygen atoms in total. The van der Waals surface area contributed by atoms with Gasteiger partial charge in [-0.25, -0.2) is 4.98 Å². The molecule has 2 saturated heterocycles. The van der Waals surface area contributed by atoms with Gasteiger partial charge in [-0.3, -0.25) is 9.30 Å². The minimum Gasteiger partial charge on any atom is -0.356 e. The smallest absolute Gasteiger partial charge is 0.157 e. The maximum atomic E-state index is 9.66. The first-order chi connectivity index (χ1) is 12.8. The third-order valence-corrected chi connectivity index (χ3v) is 6.01. The zero-order valence-corrected chi connectivity index (χ0v) is 15.1. The van der Waals surface area contributed by atoms with Crippen LogP contribution >= 0.6 is 0 Å². The van der Waals surface area contributed by atoms with E-state index >= 15 is 0 Å². The number of aryl methyl sites for hydroxylation is 1. The van der Waals surface area contributed by atoms with Gasteiger partial charge in [0.05, 0.1) is 16.6 Å². The van der Waals surface area contributed by atoms with Gasteiger partial charge in [-0.1, -0.05) is 12.1 Å². The molecule has 3 aromatic rings. The van der Waals surface area contributed by atoms with Crippen molar-refractivity contribution in [2.24, 2.45) is 0 Å². The van der Waals surface area contributed by atoms with Gasteiger partial charge in [0.15, 0.2) is 5.65 Å². The summed E-state index contributed by atoms with van der Waals surface area (Å²) in [6, 6.07) is 13.4. The topological polar surface area (TPSA) is 47.6 Å². The Bertz CT molecular complexity index is 1020. The van der Waals surface area contributed by atoms with Crippen molar-refractivity contribution < 1.29 is 0 Å². The number of imidazole rings is 1. The number of rotatable bonds is 2. The molecule has 0 aliphatic carbocycles. The van der Waals surface area contributed by atoms with Crippen LogP contribution in [0.5, 0.6) is 0 Å². The molecule has 2 aliphatic rings. The molecule has 1 atom stereocenters. The number of anilines is 1. The highest BCUT2D eigenvalue weighted by molar-refractivity contribution is 5.85. The van der Waals surface area contributed by atoms with Crippen molar-refractivity contribution in [3.63, 3.8) is 0 Å². The molecule has 2 aromatic heterocycles. The number of benzene rings is 1. The van der Waals surface area contributed by atoms with Crippen LogP contribution in [-0.4, -0.2) is 46.5 Å². The Hall–Kier alpha value is -2.58. The van der Waals surface area contributed by atoms with Gasteiger partial charge in [-0.05, 0) is 63.0 Å². The Morgan fingerprint density at radius 1 is 1.15 bits per heavy atom. The second-order valence-electron chi connectivity index (χ2n) is 7.56. The molecule has 132 valence electrons. The predicted molar refractivity (Wildman–Crippen MR) is 104 cm³/mol. The molecule has 2 aliphatic heterocycles. The van der Waals surface area contributed by atoms with Gasteiger partial charge >= 0.3 is 0 Å². The Kier molecular flexibility index (Phi) is 3.61. The van der Waals surface area contributed by atoms with Gasteiger partial charge in [0, 0.05) is 19.1 Å². The highest BCUT2D eigenvalue weighted by Crippen LogP contribution is 2.31. The molecule has 4 heterocycles. The van der Waals surface area contributed by atoms with Gasteiger partial charge < -0.3 is 4.90 Å². The first kappa shape index (κ1) is 15.7. The average molecular weight is 345 g/mol. The predicted octanol–water partition coefficient (Wildman–Crippen LogP) is 3.34. The Morgan fingerprint density at radius 2 is 1.96 bits per heavy atom. The van der Waals surface area contributed by atoms with Crippen LogP contribution < -0.4 is 4.90 Å². The lowest BCUT2D eigenvalue weighted by atomic mass is 10.1. The lowest BCUT2D eigenvalue weighted by Crippen LogP contribution is -2.35. The SMILES string of the molecule is Cc1cc(N2CC[C@H](N3CCCC3)C2)n2c(nc3ccccc32)c1C#N. The number of para-hydroxylation sites is 2. The lowest BCUT2D eigenvalue weighted by molar-refractivity contribution is 0.260. The van der Waals surface area contributed by atoms with Crippen LogP contribution in [0.25, 0.3) is 16.7 Å². The third kappa shape index (κ3) is 2.29. The number of fused-ring (bicyclic) bond motifs is 3. The maximum Gasteiger partial charge on any atom is 0.157 e. The van der Waals surface area contributed by atoms with Crippen molar-refractivity contribution in [3.8, 4) is 6.07 Å². The first-order valence-corrected chi connectivity index (χ1v) is 9.56. The molecule has 0 saturated carbocycles. The number of aromatic nitrogens is 2. The molecule has 0 radical (unpaired) electrons. The van der Waals surface area contributed by atoms with Crippen LogP contribution in [-0.2, 0) is 0 Å². The molecular weight excluding hydrogens is 322 g/mol. The molecule has 1 aromatic carbocycles. The highest BCUT2D eigenvalue weighted by atomic mass is 15.3. The van der Waals surface area contributed by atoms with E-state index in [0.29, 0.717) is 11.6 Å². The van der Waals surface area contributed by atoms with E-state index < -0.39 is 0 Å². The largest absolute Gasteiger partial charge is 0.356 e. The Morgan fingerprint density at radius 3 is 2.77 bits per heavy atom. The second-order valence-corrected chi connectivity index (χ2v) is 7.56. The zero-order chi connectivity index (χ0) is 17.7. The van der Waals surface area contributed by atoms with Crippen LogP contribution in [0, 0.1) is 18.3 Å². The molecule has 0 amide bonds. The Balaban J connectivity index is 1.65. The van der Waals surface area contributed by atoms with Crippen molar-refractivity contribution in [1.29, 1.82) is 5.26 Å². The third-order valence-electron chi connectivity index (χ3n) is 6.01. The summed E-state index contributed by atoms with van der Waals surface area (Å²) in [6.07, 6.45) is 3.89. The first-order valence-electron chi connectivity index (χ1n) is 9.56. The van der Waals surface area contributed by atoms with Crippen LogP contribution in [0.15, 0.2) is 30.3 Å². The van der Waals surface area contributed by atoms with E-state index in [-0.39, 0.29) is 0 Å². The van der Waals surface area contributed by atoms with Gasteiger partial charge in [0.2, 0.25) is 0 Å². The fraction of sp³-hybridized carbons (Fsp3) is 0.429. The summed E-state index contributed by atoms with van der Waals surface area (Å²) in [5, 5.41) is 9.66. The summed E-state index contributed by atoms with van der Waals surface area (Å²) in [6.45, 7) is 6.64. The zero-order valence-electron chi connectivity index (χ0n) is 15.1. The van der Waals surface area contributed by atoms with Gasteiger partial charge in [0.1, 0.15) is 11.9 Å². The standard InChI is InChI=1S/C21H23N5/c1-15-12-20(25-11-8-16(14-25)24-9-4-5-10-24)26-19-7-3-2-6-18(19)23-21(26)17(15)13-22/h2-3,6-7,12,16H,4-5,8-11,14H2,1H3/t16-/m0/s1. The van der Waals surface area contributed by atoms with E-state index in [9.17, 15) is 5.26 Å². The molecule has 5 rings (SSSR count). The summed E-state index contributed by atoms with van der Waals surface area (Å²) < 4.78 is 2.19. The van der Waals surface area contributed by atoms with E-state index in [4.69, 9.17) is 4.98 Å². The fourth-order valence-electron chi connectivity index (χ4n) is 4.66. The van der Waals surface area contributed by atoms with Crippen molar-refractivity contribution in [3.05, 3.63) is 41.5 Å². The molecule has 0 spiro atoms. The van der Waals surface area contributed by atoms with E-state index in [1.165, 1.54) is 38.2 Å². The van der Waals surface area contributed by atoms with Crippen LogP contribution in [0.1, 0.15) is 30.4 Å². The molecule has 2 fully saturated rings. The molecule has 0 unspecified atom stereocenters. The van der Waals surface area contributed by atoms with E-state index in [2.05, 4.69) is 32.4 Å². The van der Waals surface area contributed by atoms with E-state index in [0.717, 1.165) is 35.3 Å². The Labute approximate surface area is 153 Å². The fourth-order valence-corrected chi connectivity index (χ4v) is 4.66. The molecule has 5 heteroatoms. The summed E-state index contributed by atoms with van der Waals surface area (Å²) in [5.74, 6) is 1.17. The summed E-state index contributed by atoms with van der Waals surface area (Å²) in [7, 11) is 0. The normalized spacial score (nSPS) is 21.1. The summed E-state index contributed by atoms with van der Waals surface area (Å²) >= 11 is 0. The maximum absolute atomic E-state index is 9.66. The molecular formula is C21H23N5. The number of likely N-dealkylation sites (tertiary alicyclic amines) is 1. The lowest BCUT2D eigenvalue weighted by Gasteiger charge is -2.25. The van der Waals surface area contributed by atoms with E-state index in [1.54, 1.807) is 0 Å². The van der Waals surface area contributed by atoms with E-state index in [1.807, 2.05) is 25.1 Å². The summed E-state index contributed by atoms with van der Waals surface area (Å²) in [4.78, 5) is 9.92. The van der Waals surface area contributed by atoms with Gasteiger partial charge in [0.25, 0.3) is 0 Å². The van der Waals surface area contributed by atoms with Crippen molar-refractivity contribution in [1.82, 2.24) is 14.3 Å². The number of nitrogens with zero attached hydrogens (tertiary/aromatic N) is 5. The molecule has 0 N–H and O–H groups in total. The summed E-state index contributed by atoms with van der Waals surface area (Å²) in [5.41, 5.74) is 4.51.